The Hall–Kier alpha value is -1.49. The molecule has 1 amide bonds. The number of amides is 1. The maximum Gasteiger partial charge on any atom is 0.407 e. The van der Waals surface area contributed by atoms with E-state index >= 15 is 0 Å². The van der Waals surface area contributed by atoms with Crippen LogP contribution in [-0.4, -0.2) is 24.3 Å². The molecule has 0 spiro atoms. The van der Waals surface area contributed by atoms with Crippen LogP contribution in [0.25, 0.3) is 0 Å². The zero-order valence-electron chi connectivity index (χ0n) is 13.8. The zero-order chi connectivity index (χ0) is 17.0. The average Bonchev–Trinajstić information content (AvgIpc) is 2.86. The Balaban J connectivity index is 1.92. The number of halogens is 2. The molecule has 2 rings (SSSR count). The van der Waals surface area contributed by atoms with Crippen LogP contribution in [0, 0.1) is 11.7 Å². The molecule has 1 fully saturated rings. The van der Waals surface area contributed by atoms with Gasteiger partial charge in [-0.25, -0.2) is 9.18 Å². The van der Waals surface area contributed by atoms with Crippen molar-refractivity contribution in [2.45, 2.75) is 51.7 Å². The van der Waals surface area contributed by atoms with Gasteiger partial charge in [-0.3, -0.25) is 0 Å². The van der Waals surface area contributed by atoms with Crippen molar-refractivity contribution in [3.63, 3.8) is 0 Å². The number of carbonyl (C=O) groups excluding carboxylic acids is 1. The van der Waals surface area contributed by atoms with Crippen LogP contribution in [-0.2, 0) is 4.74 Å². The fourth-order valence-electron chi connectivity index (χ4n) is 2.82. The zero-order valence-corrected chi connectivity index (χ0v) is 14.5. The number of anilines is 1. The second-order valence-electron chi connectivity index (χ2n) is 6.92. The minimum atomic E-state index is -0.516. The fraction of sp³-hybridized carbons (Fsp3) is 0.588. The van der Waals surface area contributed by atoms with Crippen molar-refractivity contribution in [1.82, 2.24) is 5.32 Å². The number of rotatable bonds is 4. The fourth-order valence-corrected chi connectivity index (χ4v) is 3.04. The van der Waals surface area contributed by atoms with Crippen LogP contribution in [0.15, 0.2) is 18.2 Å². The van der Waals surface area contributed by atoms with Crippen molar-refractivity contribution in [3.05, 3.63) is 29.0 Å². The van der Waals surface area contributed by atoms with Crippen LogP contribution >= 0.6 is 11.6 Å². The Morgan fingerprint density at radius 1 is 1.39 bits per heavy atom. The number of benzene rings is 1. The van der Waals surface area contributed by atoms with E-state index in [1.807, 2.05) is 20.8 Å². The van der Waals surface area contributed by atoms with E-state index < -0.39 is 11.7 Å². The second-order valence-corrected chi connectivity index (χ2v) is 7.33. The molecule has 2 atom stereocenters. The summed E-state index contributed by atoms with van der Waals surface area (Å²) < 4.78 is 19.1. The van der Waals surface area contributed by atoms with E-state index in [1.54, 1.807) is 12.1 Å². The van der Waals surface area contributed by atoms with Crippen LogP contribution < -0.4 is 10.6 Å². The van der Waals surface area contributed by atoms with E-state index in [0.717, 1.165) is 19.3 Å². The Morgan fingerprint density at radius 2 is 2.13 bits per heavy atom. The number of hydrogen-bond acceptors (Lipinski definition) is 3. The highest BCUT2D eigenvalue weighted by molar-refractivity contribution is 6.33. The SMILES string of the molecule is CC(C)(C)OC(=O)NCC1CCCC1Nc1c(F)cccc1Cl. The van der Waals surface area contributed by atoms with Gasteiger partial charge in [0.05, 0.1) is 10.7 Å². The third-order valence-corrected chi connectivity index (χ3v) is 4.17. The van der Waals surface area contributed by atoms with E-state index in [1.165, 1.54) is 6.07 Å². The largest absolute Gasteiger partial charge is 0.444 e. The predicted molar refractivity (Wildman–Crippen MR) is 90.4 cm³/mol. The lowest BCUT2D eigenvalue weighted by molar-refractivity contribution is 0.0519. The van der Waals surface area contributed by atoms with Gasteiger partial charge in [0, 0.05) is 12.6 Å². The summed E-state index contributed by atoms with van der Waals surface area (Å²) >= 11 is 6.06. The van der Waals surface area contributed by atoms with Gasteiger partial charge in [-0.1, -0.05) is 24.1 Å². The van der Waals surface area contributed by atoms with Gasteiger partial charge in [-0.2, -0.15) is 0 Å². The molecule has 0 saturated heterocycles. The lowest BCUT2D eigenvalue weighted by Gasteiger charge is -2.24. The first-order valence-corrected chi connectivity index (χ1v) is 8.31. The molecule has 2 N–H and O–H groups in total. The number of hydrogen-bond donors (Lipinski definition) is 2. The molecular weight excluding hydrogens is 319 g/mol. The topological polar surface area (TPSA) is 50.4 Å². The number of alkyl carbamates (subject to hydrolysis) is 1. The standard InChI is InChI=1S/C17H24ClFN2O2/c1-17(2,3)23-16(22)20-10-11-6-4-9-14(11)21-15-12(18)7-5-8-13(15)19/h5,7-8,11,14,21H,4,6,9-10H2,1-3H3,(H,20,22). The molecule has 0 radical (unpaired) electrons. The molecule has 128 valence electrons. The van der Waals surface area contributed by atoms with Crippen molar-refractivity contribution in [2.75, 3.05) is 11.9 Å². The average molecular weight is 343 g/mol. The molecule has 1 aromatic rings. The predicted octanol–water partition coefficient (Wildman–Crippen LogP) is 4.58. The molecule has 0 aliphatic heterocycles. The molecule has 2 unspecified atom stereocenters. The molecule has 0 bridgehead atoms. The summed E-state index contributed by atoms with van der Waals surface area (Å²) in [4.78, 5) is 11.8. The van der Waals surface area contributed by atoms with E-state index in [2.05, 4.69) is 10.6 Å². The van der Waals surface area contributed by atoms with Gasteiger partial charge in [0.1, 0.15) is 11.4 Å². The summed E-state index contributed by atoms with van der Waals surface area (Å²) in [5.74, 6) is -0.138. The van der Waals surface area contributed by atoms with Crippen molar-refractivity contribution >= 4 is 23.4 Å². The molecule has 1 saturated carbocycles. The summed E-state index contributed by atoms with van der Waals surface area (Å²) in [7, 11) is 0. The van der Waals surface area contributed by atoms with Crippen LogP contribution in [0.1, 0.15) is 40.0 Å². The smallest absolute Gasteiger partial charge is 0.407 e. The first-order chi connectivity index (χ1) is 10.8. The van der Waals surface area contributed by atoms with Gasteiger partial charge >= 0.3 is 6.09 Å². The Morgan fingerprint density at radius 3 is 2.78 bits per heavy atom. The Bertz CT molecular complexity index is 540. The van der Waals surface area contributed by atoms with Gasteiger partial charge in [0.25, 0.3) is 0 Å². The lowest BCUT2D eigenvalue weighted by Crippen LogP contribution is -2.38. The number of nitrogens with one attached hydrogen (secondary N) is 2. The summed E-state index contributed by atoms with van der Waals surface area (Å²) in [5, 5.41) is 6.37. The molecule has 1 aromatic carbocycles. The monoisotopic (exact) mass is 342 g/mol. The maximum absolute atomic E-state index is 13.9. The molecule has 23 heavy (non-hydrogen) atoms. The van der Waals surface area contributed by atoms with Crippen LogP contribution in [0.3, 0.4) is 0 Å². The molecule has 4 nitrogen and oxygen atoms in total. The van der Waals surface area contributed by atoms with Crippen LogP contribution in [0.4, 0.5) is 14.9 Å². The quantitative estimate of drug-likeness (QED) is 0.841. The van der Waals surface area contributed by atoms with Gasteiger partial charge in [0.2, 0.25) is 0 Å². The third-order valence-electron chi connectivity index (χ3n) is 3.86. The molecular formula is C17H24ClFN2O2. The first-order valence-electron chi connectivity index (χ1n) is 7.93. The van der Waals surface area contributed by atoms with Crippen LogP contribution in [0.2, 0.25) is 5.02 Å². The van der Waals surface area contributed by atoms with E-state index in [4.69, 9.17) is 16.3 Å². The molecule has 6 heteroatoms. The number of para-hydroxylation sites is 1. The molecule has 1 aliphatic carbocycles. The normalized spacial score (nSPS) is 21.1. The van der Waals surface area contributed by atoms with E-state index in [-0.39, 0.29) is 17.8 Å². The summed E-state index contributed by atoms with van der Waals surface area (Å²) in [6.07, 6.45) is 2.50. The Labute approximate surface area is 141 Å². The molecule has 0 heterocycles. The minimum Gasteiger partial charge on any atom is -0.444 e. The second kappa shape index (κ2) is 7.39. The summed E-state index contributed by atoms with van der Waals surface area (Å²) in [5.41, 5.74) is -0.179. The third kappa shape index (κ3) is 5.27. The first kappa shape index (κ1) is 17.9. The summed E-state index contributed by atoms with van der Waals surface area (Å²) in [6.45, 7) is 5.98. The van der Waals surface area contributed by atoms with E-state index in [9.17, 15) is 9.18 Å². The van der Waals surface area contributed by atoms with Crippen LogP contribution in [0.5, 0.6) is 0 Å². The highest BCUT2D eigenvalue weighted by Crippen LogP contribution is 2.32. The van der Waals surface area contributed by atoms with Crippen molar-refractivity contribution < 1.29 is 13.9 Å². The number of ether oxygens (including phenoxy) is 1. The van der Waals surface area contributed by atoms with Gasteiger partial charge in [-0.05, 0) is 51.7 Å². The van der Waals surface area contributed by atoms with Crippen molar-refractivity contribution in [3.8, 4) is 0 Å². The number of carbonyl (C=O) groups is 1. The van der Waals surface area contributed by atoms with Gasteiger partial charge in [0.15, 0.2) is 0 Å². The molecule has 1 aliphatic rings. The van der Waals surface area contributed by atoms with Gasteiger partial charge < -0.3 is 15.4 Å². The highest BCUT2D eigenvalue weighted by Gasteiger charge is 2.29. The minimum absolute atomic E-state index is 0.0827. The van der Waals surface area contributed by atoms with Crippen molar-refractivity contribution in [2.24, 2.45) is 5.92 Å². The highest BCUT2D eigenvalue weighted by atomic mass is 35.5. The lowest BCUT2D eigenvalue weighted by atomic mass is 10.0. The van der Waals surface area contributed by atoms with E-state index in [0.29, 0.717) is 17.3 Å². The Kier molecular flexibility index (Phi) is 5.74. The molecule has 0 aromatic heterocycles. The summed E-state index contributed by atoms with van der Waals surface area (Å²) in [6, 6.07) is 4.71. The maximum atomic E-state index is 13.9. The van der Waals surface area contributed by atoms with Crippen molar-refractivity contribution in [1.29, 1.82) is 0 Å². The van der Waals surface area contributed by atoms with Gasteiger partial charge in [-0.15, -0.1) is 0 Å².